The van der Waals surface area contributed by atoms with Crippen molar-refractivity contribution in [3.05, 3.63) is 0 Å². The molecular formula is C16H31N3. The molecule has 2 aliphatic heterocycles. The van der Waals surface area contributed by atoms with Crippen molar-refractivity contribution in [1.29, 1.82) is 0 Å². The summed E-state index contributed by atoms with van der Waals surface area (Å²) >= 11 is 0. The van der Waals surface area contributed by atoms with E-state index >= 15 is 0 Å². The molecule has 1 saturated carbocycles. The van der Waals surface area contributed by atoms with Crippen LogP contribution in [0.5, 0.6) is 0 Å². The van der Waals surface area contributed by atoms with Gasteiger partial charge in [0.05, 0.1) is 0 Å². The van der Waals surface area contributed by atoms with Gasteiger partial charge in [-0.05, 0) is 32.1 Å². The fraction of sp³-hybridized carbons (Fsp3) is 1.00. The summed E-state index contributed by atoms with van der Waals surface area (Å²) in [6.45, 7) is 9.86. The lowest BCUT2D eigenvalue weighted by atomic mass is 10.0. The maximum atomic E-state index is 3.77. The minimum atomic E-state index is 0.739. The molecular weight excluding hydrogens is 234 g/mol. The van der Waals surface area contributed by atoms with Crippen molar-refractivity contribution in [2.24, 2.45) is 0 Å². The lowest BCUT2D eigenvalue weighted by Crippen LogP contribution is -2.59. The Morgan fingerprint density at radius 1 is 1.05 bits per heavy atom. The predicted molar refractivity (Wildman–Crippen MR) is 80.5 cm³/mol. The number of nitrogens with one attached hydrogen (secondary N) is 1. The summed E-state index contributed by atoms with van der Waals surface area (Å²) < 4.78 is 0. The van der Waals surface area contributed by atoms with Gasteiger partial charge in [-0.2, -0.15) is 0 Å². The van der Waals surface area contributed by atoms with E-state index in [1.54, 1.807) is 0 Å². The summed E-state index contributed by atoms with van der Waals surface area (Å²) in [5.74, 6) is 0. The molecule has 2 saturated heterocycles. The highest BCUT2D eigenvalue weighted by Crippen LogP contribution is 2.32. The van der Waals surface area contributed by atoms with Crippen molar-refractivity contribution in [1.82, 2.24) is 15.1 Å². The van der Waals surface area contributed by atoms with E-state index in [4.69, 9.17) is 0 Å². The van der Waals surface area contributed by atoms with Gasteiger partial charge in [-0.25, -0.2) is 0 Å². The molecule has 3 heteroatoms. The fourth-order valence-corrected chi connectivity index (χ4v) is 4.07. The maximum Gasteiger partial charge on any atom is 0.0239 e. The zero-order chi connectivity index (χ0) is 13.2. The van der Waals surface area contributed by atoms with Crippen LogP contribution in [-0.2, 0) is 0 Å². The highest BCUT2D eigenvalue weighted by molar-refractivity contribution is 4.96. The molecule has 3 nitrogen and oxygen atoms in total. The summed E-state index contributed by atoms with van der Waals surface area (Å²) in [6, 6.07) is 3.31. The molecule has 3 unspecified atom stereocenters. The van der Waals surface area contributed by atoms with Gasteiger partial charge in [-0.3, -0.25) is 9.80 Å². The lowest BCUT2D eigenvalue weighted by Gasteiger charge is -2.43. The lowest BCUT2D eigenvalue weighted by molar-refractivity contribution is 0.0782. The molecule has 3 fully saturated rings. The SMILES string of the molecule is CCCC1CN(C2CCN(C3CC3)C2)C(CC)CN1. The number of hydrogen-bond donors (Lipinski definition) is 1. The van der Waals surface area contributed by atoms with Crippen LogP contribution in [0, 0.1) is 0 Å². The van der Waals surface area contributed by atoms with Gasteiger partial charge in [0.25, 0.3) is 0 Å². The quantitative estimate of drug-likeness (QED) is 0.821. The van der Waals surface area contributed by atoms with E-state index in [2.05, 4.69) is 29.0 Å². The van der Waals surface area contributed by atoms with Crippen LogP contribution in [0.1, 0.15) is 52.4 Å². The molecule has 2 heterocycles. The van der Waals surface area contributed by atoms with Crippen molar-refractivity contribution in [3.8, 4) is 0 Å². The molecule has 1 N–H and O–H groups in total. The Balaban J connectivity index is 1.59. The van der Waals surface area contributed by atoms with Crippen LogP contribution in [0.15, 0.2) is 0 Å². The van der Waals surface area contributed by atoms with Crippen LogP contribution in [-0.4, -0.2) is 60.1 Å². The van der Waals surface area contributed by atoms with Gasteiger partial charge < -0.3 is 5.32 Å². The third kappa shape index (κ3) is 3.14. The highest BCUT2D eigenvalue weighted by atomic mass is 15.3. The monoisotopic (exact) mass is 265 g/mol. The number of nitrogens with zero attached hydrogens (tertiary/aromatic N) is 2. The van der Waals surface area contributed by atoms with Gasteiger partial charge in [0, 0.05) is 50.3 Å². The molecule has 3 aliphatic rings. The topological polar surface area (TPSA) is 18.5 Å². The standard InChI is InChI=1S/C16H31N3/c1-3-5-13-11-19(14(4-2)10-17-13)16-8-9-18(12-16)15-6-7-15/h13-17H,3-12H2,1-2H3. The first-order chi connectivity index (χ1) is 9.31. The average Bonchev–Trinajstić information content (AvgIpc) is 3.17. The van der Waals surface area contributed by atoms with Crippen LogP contribution in [0.2, 0.25) is 0 Å². The zero-order valence-corrected chi connectivity index (χ0v) is 12.8. The van der Waals surface area contributed by atoms with Crippen LogP contribution in [0.3, 0.4) is 0 Å². The molecule has 0 aromatic heterocycles. The van der Waals surface area contributed by atoms with Gasteiger partial charge in [-0.15, -0.1) is 0 Å². The normalized spacial score (nSPS) is 37.9. The van der Waals surface area contributed by atoms with Crippen molar-refractivity contribution < 1.29 is 0 Å². The zero-order valence-electron chi connectivity index (χ0n) is 12.8. The van der Waals surface area contributed by atoms with Crippen molar-refractivity contribution in [2.45, 2.75) is 76.5 Å². The molecule has 110 valence electrons. The largest absolute Gasteiger partial charge is 0.311 e. The molecule has 0 spiro atoms. The van der Waals surface area contributed by atoms with Gasteiger partial charge >= 0.3 is 0 Å². The first kappa shape index (κ1) is 13.8. The second-order valence-corrected chi connectivity index (χ2v) is 6.82. The Bertz CT molecular complexity index is 290. The molecule has 0 amide bonds. The third-order valence-electron chi connectivity index (χ3n) is 5.38. The number of likely N-dealkylation sites (tertiary alicyclic amines) is 1. The molecule has 1 aliphatic carbocycles. The summed E-state index contributed by atoms with van der Waals surface area (Å²) in [6.07, 6.45) is 8.28. The fourth-order valence-electron chi connectivity index (χ4n) is 4.07. The number of hydrogen-bond acceptors (Lipinski definition) is 3. The minimum absolute atomic E-state index is 0.739. The molecule has 3 rings (SSSR count). The van der Waals surface area contributed by atoms with E-state index in [0.29, 0.717) is 0 Å². The van der Waals surface area contributed by atoms with Crippen LogP contribution >= 0.6 is 0 Å². The summed E-state index contributed by atoms with van der Waals surface area (Å²) in [7, 11) is 0. The van der Waals surface area contributed by atoms with Crippen molar-refractivity contribution in [2.75, 3.05) is 26.2 Å². The maximum absolute atomic E-state index is 3.77. The molecule has 3 atom stereocenters. The van der Waals surface area contributed by atoms with E-state index in [1.807, 2.05) is 0 Å². The number of piperazine rings is 1. The Morgan fingerprint density at radius 3 is 2.58 bits per heavy atom. The molecule has 19 heavy (non-hydrogen) atoms. The smallest absolute Gasteiger partial charge is 0.0239 e. The third-order valence-corrected chi connectivity index (χ3v) is 5.38. The Labute approximate surface area is 118 Å². The number of rotatable bonds is 5. The predicted octanol–water partition coefficient (Wildman–Crippen LogP) is 2.08. The van der Waals surface area contributed by atoms with Gasteiger partial charge in [0.1, 0.15) is 0 Å². The summed E-state index contributed by atoms with van der Waals surface area (Å²) in [5.41, 5.74) is 0. The van der Waals surface area contributed by atoms with E-state index in [1.165, 1.54) is 64.7 Å². The minimum Gasteiger partial charge on any atom is -0.311 e. The molecule has 0 aromatic rings. The first-order valence-electron chi connectivity index (χ1n) is 8.55. The first-order valence-corrected chi connectivity index (χ1v) is 8.55. The average molecular weight is 265 g/mol. The second-order valence-electron chi connectivity index (χ2n) is 6.82. The van der Waals surface area contributed by atoms with Crippen LogP contribution in [0.25, 0.3) is 0 Å². The molecule has 0 radical (unpaired) electrons. The van der Waals surface area contributed by atoms with Gasteiger partial charge in [0.15, 0.2) is 0 Å². The van der Waals surface area contributed by atoms with E-state index < -0.39 is 0 Å². The molecule has 0 aromatic carbocycles. The highest BCUT2D eigenvalue weighted by Gasteiger charge is 2.39. The summed E-state index contributed by atoms with van der Waals surface area (Å²) in [4.78, 5) is 5.62. The van der Waals surface area contributed by atoms with Crippen molar-refractivity contribution >= 4 is 0 Å². The van der Waals surface area contributed by atoms with Gasteiger partial charge in [-0.1, -0.05) is 20.3 Å². The Morgan fingerprint density at radius 2 is 1.89 bits per heavy atom. The summed E-state index contributed by atoms with van der Waals surface area (Å²) in [5, 5.41) is 3.77. The van der Waals surface area contributed by atoms with Gasteiger partial charge in [0.2, 0.25) is 0 Å². The van der Waals surface area contributed by atoms with E-state index in [9.17, 15) is 0 Å². The van der Waals surface area contributed by atoms with Crippen molar-refractivity contribution in [3.63, 3.8) is 0 Å². The second kappa shape index (κ2) is 6.11. The van der Waals surface area contributed by atoms with E-state index in [-0.39, 0.29) is 0 Å². The van der Waals surface area contributed by atoms with Crippen LogP contribution in [0.4, 0.5) is 0 Å². The Hall–Kier alpha value is -0.120. The molecule has 0 bridgehead atoms. The van der Waals surface area contributed by atoms with Crippen LogP contribution < -0.4 is 5.32 Å². The Kier molecular flexibility index (Phi) is 4.45. The van der Waals surface area contributed by atoms with E-state index in [0.717, 1.165) is 24.2 Å².